The number of halogens is 2. The summed E-state index contributed by atoms with van der Waals surface area (Å²) in [4.78, 5) is 11.0. The summed E-state index contributed by atoms with van der Waals surface area (Å²) in [5, 5.41) is 16.2. The van der Waals surface area contributed by atoms with Crippen molar-refractivity contribution in [3.8, 4) is 0 Å². The van der Waals surface area contributed by atoms with E-state index >= 15 is 0 Å². The Kier molecular flexibility index (Phi) is 4.07. The van der Waals surface area contributed by atoms with Crippen molar-refractivity contribution in [2.45, 2.75) is 18.4 Å². The summed E-state index contributed by atoms with van der Waals surface area (Å²) in [5.74, 6) is 0.231. The normalized spacial score (nSPS) is 22.0. The van der Waals surface area contributed by atoms with Crippen molar-refractivity contribution in [2.75, 3.05) is 5.32 Å². The molecule has 0 fully saturated rings. The third-order valence-corrected chi connectivity index (χ3v) is 6.56. The molecule has 1 aliphatic heterocycles. The second kappa shape index (κ2) is 6.50. The van der Waals surface area contributed by atoms with Crippen LogP contribution >= 0.6 is 23.2 Å². The van der Waals surface area contributed by atoms with Gasteiger partial charge in [0.2, 0.25) is 0 Å². The SMILES string of the molecule is O=[N+]([O-])c1ccc2c(c1)[C@@H]1c3ccccc3C[C@@H]1[C@@H](c1c(Cl)cccc1Cl)N2. The topological polar surface area (TPSA) is 55.2 Å². The van der Waals surface area contributed by atoms with Gasteiger partial charge in [-0.1, -0.05) is 53.5 Å². The number of hydrogen-bond donors (Lipinski definition) is 1. The first-order chi connectivity index (χ1) is 13.5. The van der Waals surface area contributed by atoms with E-state index in [9.17, 15) is 10.1 Å². The average molecular weight is 411 g/mol. The molecule has 0 saturated heterocycles. The van der Waals surface area contributed by atoms with Gasteiger partial charge < -0.3 is 5.32 Å². The zero-order valence-electron chi connectivity index (χ0n) is 14.7. The predicted molar refractivity (Wildman–Crippen MR) is 111 cm³/mol. The third kappa shape index (κ3) is 2.60. The van der Waals surface area contributed by atoms with Gasteiger partial charge in [0.15, 0.2) is 0 Å². The molecule has 6 heteroatoms. The first kappa shape index (κ1) is 17.5. The number of anilines is 1. The molecule has 0 bridgehead atoms. The number of benzene rings is 3. The molecule has 3 aromatic carbocycles. The molecule has 3 atom stereocenters. The second-order valence-corrected chi connectivity index (χ2v) is 8.14. The lowest BCUT2D eigenvalue weighted by Gasteiger charge is -2.38. The van der Waals surface area contributed by atoms with Crippen LogP contribution in [0.15, 0.2) is 60.7 Å². The Morgan fingerprint density at radius 2 is 1.71 bits per heavy atom. The Morgan fingerprint density at radius 1 is 0.964 bits per heavy atom. The molecular formula is C22H16Cl2N2O2. The van der Waals surface area contributed by atoms with Crippen LogP contribution in [0.3, 0.4) is 0 Å². The molecule has 1 aliphatic carbocycles. The van der Waals surface area contributed by atoms with Gasteiger partial charge >= 0.3 is 0 Å². The highest BCUT2D eigenvalue weighted by molar-refractivity contribution is 6.36. The molecular weight excluding hydrogens is 395 g/mol. The summed E-state index contributed by atoms with van der Waals surface area (Å²) in [5.41, 5.74) is 5.35. The first-order valence-corrected chi connectivity index (χ1v) is 9.87. The highest BCUT2D eigenvalue weighted by atomic mass is 35.5. The molecule has 1 N–H and O–H groups in total. The summed E-state index contributed by atoms with van der Waals surface area (Å²) >= 11 is 13.1. The van der Waals surface area contributed by atoms with E-state index < -0.39 is 0 Å². The molecule has 0 spiro atoms. The summed E-state index contributed by atoms with van der Waals surface area (Å²) < 4.78 is 0. The molecule has 0 radical (unpaired) electrons. The third-order valence-electron chi connectivity index (χ3n) is 5.90. The molecule has 0 unspecified atom stereocenters. The van der Waals surface area contributed by atoms with Crippen LogP contribution in [0, 0.1) is 16.0 Å². The number of non-ortho nitro benzene ring substituents is 1. The zero-order chi connectivity index (χ0) is 19.4. The summed E-state index contributed by atoms with van der Waals surface area (Å²) in [7, 11) is 0. The molecule has 140 valence electrons. The molecule has 0 saturated carbocycles. The number of nitrogens with zero attached hydrogens (tertiary/aromatic N) is 1. The van der Waals surface area contributed by atoms with Gasteiger partial charge in [0.05, 0.1) is 11.0 Å². The van der Waals surface area contributed by atoms with Crippen LogP contribution in [0.4, 0.5) is 11.4 Å². The van der Waals surface area contributed by atoms with E-state index in [0.717, 1.165) is 23.2 Å². The van der Waals surface area contributed by atoms with E-state index in [-0.39, 0.29) is 28.5 Å². The number of fused-ring (bicyclic) bond motifs is 5. The van der Waals surface area contributed by atoms with Crippen molar-refractivity contribution in [3.05, 3.63) is 103 Å². The summed E-state index contributed by atoms with van der Waals surface area (Å²) in [6.45, 7) is 0. The maximum absolute atomic E-state index is 11.3. The Bertz CT molecular complexity index is 1100. The Balaban J connectivity index is 1.72. The van der Waals surface area contributed by atoms with E-state index in [0.29, 0.717) is 10.0 Å². The van der Waals surface area contributed by atoms with E-state index in [1.54, 1.807) is 12.1 Å². The molecule has 0 aromatic heterocycles. The minimum atomic E-state index is -0.340. The lowest BCUT2D eigenvalue weighted by Crippen LogP contribution is -2.30. The largest absolute Gasteiger partial charge is 0.378 e. The number of rotatable bonds is 2. The lowest BCUT2D eigenvalue weighted by atomic mass is 9.75. The maximum Gasteiger partial charge on any atom is 0.269 e. The second-order valence-electron chi connectivity index (χ2n) is 7.33. The Hall–Kier alpha value is -2.56. The van der Waals surface area contributed by atoms with Crippen LogP contribution in [-0.2, 0) is 6.42 Å². The summed E-state index contributed by atoms with van der Waals surface area (Å²) in [6.07, 6.45) is 0.863. The van der Waals surface area contributed by atoms with Crippen LogP contribution in [0.5, 0.6) is 0 Å². The zero-order valence-corrected chi connectivity index (χ0v) is 16.2. The molecule has 4 nitrogen and oxygen atoms in total. The number of hydrogen-bond acceptors (Lipinski definition) is 3. The fourth-order valence-corrected chi connectivity index (χ4v) is 5.39. The van der Waals surface area contributed by atoms with Crippen molar-refractivity contribution < 1.29 is 4.92 Å². The number of nitro benzene ring substituents is 1. The monoisotopic (exact) mass is 410 g/mol. The van der Waals surface area contributed by atoms with Gasteiger partial charge in [-0.2, -0.15) is 0 Å². The fraction of sp³-hybridized carbons (Fsp3) is 0.182. The van der Waals surface area contributed by atoms with Crippen LogP contribution in [0.25, 0.3) is 0 Å². The van der Waals surface area contributed by atoms with Crippen molar-refractivity contribution in [2.24, 2.45) is 5.92 Å². The van der Waals surface area contributed by atoms with Gasteiger partial charge in [0.1, 0.15) is 0 Å². The van der Waals surface area contributed by atoms with Crippen molar-refractivity contribution in [1.29, 1.82) is 0 Å². The molecule has 3 aromatic rings. The highest BCUT2D eigenvalue weighted by Gasteiger charge is 2.44. The Labute approximate surface area is 172 Å². The van der Waals surface area contributed by atoms with E-state index in [4.69, 9.17) is 23.2 Å². The quantitative estimate of drug-likeness (QED) is 0.394. The first-order valence-electron chi connectivity index (χ1n) is 9.11. The number of nitro groups is 1. The van der Waals surface area contributed by atoms with Crippen molar-refractivity contribution >= 4 is 34.6 Å². The van der Waals surface area contributed by atoms with Gasteiger partial charge in [-0.05, 0) is 47.2 Å². The predicted octanol–water partition coefficient (Wildman–Crippen LogP) is 6.37. The standard InChI is InChI=1S/C22H16Cl2N2O2/c23-17-6-3-7-18(24)21(17)22-16-10-12-4-1-2-5-14(12)20(16)15-11-13(26(27)28)8-9-19(15)25-22/h1-9,11,16,20,22,25H,10H2/t16-,20-,22-/m0/s1. The van der Waals surface area contributed by atoms with E-state index in [1.807, 2.05) is 30.3 Å². The molecule has 1 heterocycles. The minimum absolute atomic E-state index is 0.0599. The molecule has 28 heavy (non-hydrogen) atoms. The van der Waals surface area contributed by atoms with Crippen molar-refractivity contribution in [3.63, 3.8) is 0 Å². The minimum Gasteiger partial charge on any atom is -0.378 e. The lowest BCUT2D eigenvalue weighted by molar-refractivity contribution is -0.384. The highest BCUT2D eigenvalue weighted by Crippen LogP contribution is 2.55. The number of nitrogens with one attached hydrogen (secondary N) is 1. The Morgan fingerprint density at radius 3 is 2.46 bits per heavy atom. The van der Waals surface area contributed by atoms with Crippen LogP contribution < -0.4 is 5.32 Å². The molecule has 0 amide bonds. The van der Waals surface area contributed by atoms with Crippen LogP contribution in [0.2, 0.25) is 10.0 Å². The van der Waals surface area contributed by atoms with Gasteiger partial charge in [0.25, 0.3) is 5.69 Å². The van der Waals surface area contributed by atoms with Gasteiger partial charge in [0, 0.05) is 39.3 Å². The fourth-order valence-electron chi connectivity index (χ4n) is 4.76. The van der Waals surface area contributed by atoms with Crippen LogP contribution in [0.1, 0.15) is 34.2 Å². The van der Waals surface area contributed by atoms with Crippen molar-refractivity contribution in [1.82, 2.24) is 0 Å². The van der Waals surface area contributed by atoms with Gasteiger partial charge in [-0.3, -0.25) is 10.1 Å². The summed E-state index contributed by atoms with van der Waals surface area (Å²) in [6, 6.07) is 18.8. The van der Waals surface area contributed by atoms with Gasteiger partial charge in [-0.15, -0.1) is 0 Å². The maximum atomic E-state index is 11.3. The smallest absolute Gasteiger partial charge is 0.269 e. The average Bonchev–Trinajstić information content (AvgIpc) is 3.07. The van der Waals surface area contributed by atoms with E-state index in [1.165, 1.54) is 17.2 Å². The molecule has 5 rings (SSSR count). The van der Waals surface area contributed by atoms with E-state index in [2.05, 4.69) is 17.4 Å². The van der Waals surface area contributed by atoms with Gasteiger partial charge in [-0.25, -0.2) is 0 Å². The van der Waals surface area contributed by atoms with Crippen LogP contribution in [-0.4, -0.2) is 4.92 Å². The molecule has 2 aliphatic rings.